The predicted molar refractivity (Wildman–Crippen MR) is 355 cm³/mol. The SMILES string of the molecule is CC/C=C\C/C=C\C/C=C\C/C=C\C/C=C\C/C=C\C/C=C\CCCCCCCCCC(=O)NC(COC1OC(CO)C(OC2OC(CO)C(O)C(O)C2O)C(O)C1O)C(O)/C=C/CC/C=C/CCCCCCCCCCCCCCCCCCCC. The average molecular weight is 1220 g/mol. The van der Waals surface area contributed by atoms with E-state index >= 15 is 0 Å². The fourth-order valence-corrected chi connectivity index (χ4v) is 10.7. The number of unbranched alkanes of at least 4 members (excludes halogenated alkanes) is 26. The van der Waals surface area contributed by atoms with E-state index in [-0.39, 0.29) is 18.9 Å². The lowest BCUT2D eigenvalue weighted by Crippen LogP contribution is -2.65. The maximum atomic E-state index is 13.3. The van der Waals surface area contributed by atoms with Crippen molar-refractivity contribution in [3.05, 3.63) is 109 Å². The number of hydrogen-bond acceptors (Lipinski definition) is 13. The molecule has 0 aromatic rings. The highest BCUT2D eigenvalue weighted by Gasteiger charge is 2.51. The van der Waals surface area contributed by atoms with Gasteiger partial charge in [-0.1, -0.05) is 264 Å². The molecule has 0 spiro atoms. The minimum Gasteiger partial charge on any atom is -0.394 e. The topological polar surface area (TPSA) is 228 Å². The number of hydrogen-bond donors (Lipinski definition) is 9. The number of aliphatic hydroxyl groups is 8. The number of rotatable bonds is 55. The average Bonchev–Trinajstić information content (AvgIpc) is 1.55. The quantitative estimate of drug-likeness (QED) is 0.0204. The van der Waals surface area contributed by atoms with Gasteiger partial charge in [-0.15, -0.1) is 0 Å². The molecule has 2 aliphatic heterocycles. The van der Waals surface area contributed by atoms with Crippen molar-refractivity contribution in [2.45, 2.75) is 325 Å². The van der Waals surface area contributed by atoms with Crippen molar-refractivity contribution in [1.29, 1.82) is 0 Å². The number of ether oxygens (including phenoxy) is 4. The smallest absolute Gasteiger partial charge is 0.220 e. The number of aliphatic hydroxyl groups excluding tert-OH is 8. The van der Waals surface area contributed by atoms with E-state index in [4.69, 9.17) is 18.9 Å². The molecule has 9 N–H and O–H groups in total. The number of nitrogens with one attached hydrogen (secondary N) is 1. The zero-order chi connectivity index (χ0) is 63.1. The van der Waals surface area contributed by atoms with E-state index in [2.05, 4.69) is 116 Å². The Bertz CT molecular complexity index is 1880. The molecule has 12 atom stereocenters. The molecule has 0 radical (unpaired) electrons. The molecule has 14 heteroatoms. The predicted octanol–water partition coefficient (Wildman–Crippen LogP) is 14.0. The van der Waals surface area contributed by atoms with E-state index < -0.39 is 86.8 Å². The van der Waals surface area contributed by atoms with Crippen molar-refractivity contribution in [3.63, 3.8) is 0 Å². The summed E-state index contributed by atoms with van der Waals surface area (Å²) < 4.78 is 22.8. The van der Waals surface area contributed by atoms with E-state index in [1.165, 1.54) is 116 Å². The molecular formula is C73H125NO13. The Balaban J connectivity index is 1.73. The summed E-state index contributed by atoms with van der Waals surface area (Å²) in [5.74, 6) is -0.263. The molecule has 0 bridgehead atoms. The zero-order valence-corrected chi connectivity index (χ0v) is 54.2. The molecule has 0 aliphatic carbocycles. The van der Waals surface area contributed by atoms with Crippen LogP contribution in [0.3, 0.4) is 0 Å². The van der Waals surface area contributed by atoms with Crippen molar-refractivity contribution >= 4 is 5.91 Å². The van der Waals surface area contributed by atoms with Crippen LogP contribution in [-0.4, -0.2) is 140 Å². The van der Waals surface area contributed by atoms with E-state index in [1.54, 1.807) is 6.08 Å². The molecule has 2 aliphatic rings. The van der Waals surface area contributed by atoms with Crippen LogP contribution >= 0.6 is 0 Å². The van der Waals surface area contributed by atoms with Gasteiger partial charge >= 0.3 is 0 Å². The van der Waals surface area contributed by atoms with Crippen LogP contribution < -0.4 is 5.32 Å². The van der Waals surface area contributed by atoms with Crippen LogP contribution in [0.2, 0.25) is 0 Å². The molecule has 2 saturated heterocycles. The minimum atomic E-state index is -1.80. The van der Waals surface area contributed by atoms with Gasteiger partial charge in [-0.25, -0.2) is 0 Å². The van der Waals surface area contributed by atoms with Crippen molar-refractivity contribution in [2.24, 2.45) is 0 Å². The highest BCUT2D eigenvalue weighted by atomic mass is 16.7. The van der Waals surface area contributed by atoms with Gasteiger partial charge in [-0.05, 0) is 89.9 Å². The van der Waals surface area contributed by atoms with Gasteiger partial charge in [-0.2, -0.15) is 0 Å². The maximum absolute atomic E-state index is 13.3. The zero-order valence-electron chi connectivity index (χ0n) is 54.2. The Morgan fingerprint density at radius 1 is 0.425 bits per heavy atom. The fourth-order valence-electron chi connectivity index (χ4n) is 10.7. The van der Waals surface area contributed by atoms with Gasteiger partial charge in [0.05, 0.1) is 32.0 Å². The van der Waals surface area contributed by atoms with Crippen LogP contribution in [0, 0.1) is 0 Å². The van der Waals surface area contributed by atoms with Crippen molar-refractivity contribution in [2.75, 3.05) is 19.8 Å². The van der Waals surface area contributed by atoms with Crippen molar-refractivity contribution in [3.8, 4) is 0 Å². The summed E-state index contributed by atoms with van der Waals surface area (Å²) in [5.41, 5.74) is 0. The molecule has 0 aromatic heterocycles. The summed E-state index contributed by atoms with van der Waals surface area (Å²) in [6.45, 7) is 2.67. The molecule has 2 heterocycles. The Kier molecular flexibility index (Phi) is 51.9. The van der Waals surface area contributed by atoms with Crippen LogP contribution in [-0.2, 0) is 23.7 Å². The standard InChI is InChI=1S/C73H125NO13/c1-3-5-7-9-11-13-15-17-19-21-23-25-27-29-30-31-32-33-35-37-39-41-43-45-47-49-51-53-55-57-65(78)74-61(60-84-72-70(83)68(81)71(64(59-76)86-72)87-73-69(82)67(80)66(79)63(58-75)85-73)62(77)56-54-52-50-48-46-44-42-40-38-36-34-28-26-24-22-20-18-16-14-12-10-8-6-4-2/h5,7,11,13,17,19,23,25,29-30,32-33,37,39,46,48,54,56,61-64,66-73,75-77,79-83H,3-4,6,8-10,12,14-16,18,20-22,24,26-28,31,34-36,38,40-45,47,49-53,55,57-60H2,1-2H3,(H,74,78)/b7-5-,13-11-,19-17-,25-23-,30-29-,33-32-,39-37-,48-46+,56-54+. The molecule has 2 fully saturated rings. The second-order valence-corrected chi connectivity index (χ2v) is 23.9. The van der Waals surface area contributed by atoms with Gasteiger partial charge in [0.2, 0.25) is 5.91 Å². The lowest BCUT2D eigenvalue weighted by Gasteiger charge is -2.46. The summed E-state index contributed by atoms with van der Waals surface area (Å²) in [6.07, 6.45) is 64.2. The first-order valence-electron chi connectivity index (χ1n) is 34.6. The lowest BCUT2D eigenvalue weighted by atomic mass is 9.97. The van der Waals surface area contributed by atoms with Gasteiger partial charge in [0.15, 0.2) is 12.6 Å². The Labute approximate surface area is 527 Å². The first kappa shape index (κ1) is 79.7. The van der Waals surface area contributed by atoms with Crippen molar-refractivity contribution in [1.82, 2.24) is 5.32 Å². The Morgan fingerprint density at radius 3 is 1.26 bits per heavy atom. The first-order valence-corrected chi connectivity index (χ1v) is 34.6. The summed E-state index contributed by atoms with van der Waals surface area (Å²) in [7, 11) is 0. The van der Waals surface area contributed by atoms with Crippen LogP contribution in [0.4, 0.5) is 0 Å². The van der Waals surface area contributed by atoms with Crippen molar-refractivity contribution < 1.29 is 64.6 Å². The molecule has 0 aromatic carbocycles. The molecular weight excluding hydrogens is 1100 g/mol. The summed E-state index contributed by atoms with van der Waals surface area (Å²) in [6, 6.07) is -0.947. The fraction of sp³-hybridized carbons (Fsp3) is 0.740. The largest absolute Gasteiger partial charge is 0.394 e. The molecule has 87 heavy (non-hydrogen) atoms. The van der Waals surface area contributed by atoms with E-state index in [0.29, 0.717) is 12.8 Å². The summed E-state index contributed by atoms with van der Waals surface area (Å²) >= 11 is 0. The molecule has 0 saturated carbocycles. The van der Waals surface area contributed by atoms with Gasteiger partial charge in [-0.3, -0.25) is 4.79 Å². The van der Waals surface area contributed by atoms with Gasteiger partial charge in [0.1, 0.15) is 48.8 Å². The van der Waals surface area contributed by atoms with Crippen LogP contribution in [0.5, 0.6) is 0 Å². The van der Waals surface area contributed by atoms with Crippen LogP contribution in [0.25, 0.3) is 0 Å². The first-order chi connectivity index (χ1) is 42.6. The van der Waals surface area contributed by atoms with E-state index in [9.17, 15) is 45.6 Å². The van der Waals surface area contributed by atoms with E-state index in [0.717, 1.165) is 103 Å². The van der Waals surface area contributed by atoms with Crippen LogP contribution in [0.1, 0.15) is 251 Å². The second kappa shape index (κ2) is 56.6. The molecule has 14 nitrogen and oxygen atoms in total. The minimum absolute atomic E-state index is 0.254. The lowest BCUT2D eigenvalue weighted by molar-refractivity contribution is -0.359. The monoisotopic (exact) mass is 1220 g/mol. The van der Waals surface area contributed by atoms with Gasteiger partial charge in [0.25, 0.3) is 0 Å². The third kappa shape index (κ3) is 40.9. The maximum Gasteiger partial charge on any atom is 0.220 e. The second-order valence-electron chi connectivity index (χ2n) is 23.9. The number of carbonyl (C=O) groups is 1. The third-order valence-electron chi connectivity index (χ3n) is 16.2. The Hall–Kier alpha value is -3.35. The molecule has 12 unspecified atom stereocenters. The highest BCUT2D eigenvalue weighted by molar-refractivity contribution is 5.76. The number of amides is 1. The van der Waals surface area contributed by atoms with Gasteiger partial charge < -0.3 is 65.1 Å². The van der Waals surface area contributed by atoms with E-state index in [1.807, 2.05) is 6.08 Å². The third-order valence-corrected chi connectivity index (χ3v) is 16.2. The molecule has 1 amide bonds. The van der Waals surface area contributed by atoms with Gasteiger partial charge in [0, 0.05) is 6.42 Å². The molecule has 500 valence electrons. The normalized spacial score (nSPS) is 24.0. The highest BCUT2D eigenvalue weighted by Crippen LogP contribution is 2.30. The number of allylic oxidation sites excluding steroid dienone is 17. The summed E-state index contributed by atoms with van der Waals surface area (Å²) in [4.78, 5) is 13.3. The Morgan fingerprint density at radius 2 is 0.805 bits per heavy atom. The van der Waals surface area contributed by atoms with Crippen LogP contribution in [0.15, 0.2) is 109 Å². The summed E-state index contributed by atoms with van der Waals surface area (Å²) in [5, 5.41) is 87.4. The molecule has 2 rings (SSSR count). The number of carbonyl (C=O) groups excluding carboxylic acids is 1.